The summed E-state index contributed by atoms with van der Waals surface area (Å²) in [5, 5.41) is 8.53. The van der Waals surface area contributed by atoms with Crippen LogP contribution in [-0.4, -0.2) is 22.5 Å². The predicted octanol–water partition coefficient (Wildman–Crippen LogP) is 3.50. The van der Waals surface area contributed by atoms with E-state index in [1.54, 1.807) is 30.3 Å². The van der Waals surface area contributed by atoms with Gasteiger partial charge in [0.2, 0.25) is 5.12 Å². The number of aliphatic hydroxyl groups is 1. The molecule has 0 heterocycles. The highest BCUT2D eigenvalue weighted by molar-refractivity contribution is 8.13. The number of alkyl halides is 3. The van der Waals surface area contributed by atoms with Crippen LogP contribution in [0.4, 0.5) is 13.2 Å². The summed E-state index contributed by atoms with van der Waals surface area (Å²) in [4.78, 5) is 12.2. The van der Waals surface area contributed by atoms with Crippen LogP contribution < -0.4 is 0 Å². The monoisotopic (exact) mass is 292 g/mol. The molecule has 6 heteroatoms. The van der Waals surface area contributed by atoms with E-state index in [4.69, 9.17) is 0 Å². The van der Waals surface area contributed by atoms with Crippen LogP contribution in [-0.2, 0) is 4.79 Å². The Bertz CT molecular complexity index is 418. The first-order chi connectivity index (χ1) is 8.73. The lowest BCUT2D eigenvalue weighted by atomic mass is 9.94. The fourth-order valence-electron chi connectivity index (χ4n) is 1.52. The molecule has 0 amide bonds. The van der Waals surface area contributed by atoms with Gasteiger partial charge in [-0.25, -0.2) is 0 Å². The van der Waals surface area contributed by atoms with Crippen LogP contribution in [0, 0.1) is 11.8 Å². The van der Waals surface area contributed by atoms with Gasteiger partial charge in [0.15, 0.2) is 0 Å². The Kier molecular flexibility index (Phi) is 5.43. The molecular formula is C13H15F3O2S. The average Bonchev–Trinajstić information content (AvgIpc) is 2.28. The van der Waals surface area contributed by atoms with E-state index in [2.05, 4.69) is 0 Å². The number of benzene rings is 1. The summed E-state index contributed by atoms with van der Waals surface area (Å²) < 4.78 is 38.7. The third kappa shape index (κ3) is 4.54. The van der Waals surface area contributed by atoms with Gasteiger partial charge in [-0.2, -0.15) is 13.2 Å². The minimum atomic E-state index is -4.75. The fourth-order valence-corrected chi connectivity index (χ4v) is 2.45. The topological polar surface area (TPSA) is 37.3 Å². The van der Waals surface area contributed by atoms with Crippen molar-refractivity contribution < 1.29 is 23.1 Å². The number of hydrogen-bond donors (Lipinski definition) is 1. The van der Waals surface area contributed by atoms with Crippen molar-refractivity contribution in [1.82, 2.24) is 0 Å². The highest BCUT2D eigenvalue weighted by Crippen LogP contribution is 2.37. The molecule has 0 fully saturated rings. The molecule has 2 nitrogen and oxygen atoms in total. The molecule has 1 rings (SSSR count). The lowest BCUT2D eigenvalue weighted by molar-refractivity contribution is -0.200. The SMILES string of the molecule is CC(C)[C@@H](O)[C@H](C(=O)Sc1ccccc1)C(F)(F)F. The standard InChI is InChI=1S/C13H15F3O2S/c1-8(2)11(17)10(13(14,15)16)12(18)19-9-6-4-3-5-7-9/h3-8,10-11,17H,1-2H3/t10-,11-/m1/s1. The Labute approximate surface area is 114 Å². The van der Waals surface area contributed by atoms with Crippen LogP contribution in [0.5, 0.6) is 0 Å². The van der Waals surface area contributed by atoms with E-state index in [9.17, 15) is 23.1 Å². The molecule has 0 spiro atoms. The van der Waals surface area contributed by atoms with E-state index in [-0.39, 0.29) is 0 Å². The van der Waals surface area contributed by atoms with Crippen molar-refractivity contribution in [2.45, 2.75) is 31.0 Å². The van der Waals surface area contributed by atoms with Gasteiger partial charge in [0, 0.05) is 4.90 Å². The van der Waals surface area contributed by atoms with E-state index in [0.717, 1.165) is 0 Å². The van der Waals surface area contributed by atoms with Crippen molar-refractivity contribution in [3.05, 3.63) is 30.3 Å². The summed E-state index contributed by atoms with van der Waals surface area (Å²) in [5.74, 6) is -3.01. The van der Waals surface area contributed by atoms with Gasteiger partial charge >= 0.3 is 6.18 Å². The maximum Gasteiger partial charge on any atom is 0.402 e. The Hall–Kier alpha value is -1.01. The molecule has 1 aromatic rings. The first-order valence-electron chi connectivity index (χ1n) is 5.75. The number of rotatable bonds is 4. The van der Waals surface area contributed by atoms with Gasteiger partial charge in [0.1, 0.15) is 5.92 Å². The zero-order chi connectivity index (χ0) is 14.6. The van der Waals surface area contributed by atoms with Gasteiger partial charge in [-0.1, -0.05) is 43.8 Å². The molecule has 0 aliphatic rings. The minimum absolute atomic E-state index is 0.428. The summed E-state index contributed by atoms with van der Waals surface area (Å²) in [6.07, 6.45) is -6.48. The van der Waals surface area contributed by atoms with Crippen molar-refractivity contribution in [1.29, 1.82) is 0 Å². The van der Waals surface area contributed by atoms with Crippen LogP contribution >= 0.6 is 11.8 Å². The number of carbonyl (C=O) groups is 1. The molecule has 0 saturated heterocycles. The molecule has 19 heavy (non-hydrogen) atoms. The molecule has 0 saturated carbocycles. The summed E-state index contributed by atoms with van der Waals surface area (Å²) in [6, 6.07) is 8.09. The molecule has 0 aromatic heterocycles. The van der Waals surface area contributed by atoms with Gasteiger partial charge in [-0.3, -0.25) is 4.79 Å². The van der Waals surface area contributed by atoms with Gasteiger partial charge in [0.05, 0.1) is 6.10 Å². The van der Waals surface area contributed by atoms with E-state index < -0.39 is 29.2 Å². The molecule has 2 atom stereocenters. The van der Waals surface area contributed by atoms with Crippen LogP contribution in [0.3, 0.4) is 0 Å². The average molecular weight is 292 g/mol. The first-order valence-corrected chi connectivity index (χ1v) is 6.56. The second-order valence-electron chi connectivity index (χ2n) is 4.49. The second-order valence-corrected chi connectivity index (χ2v) is 5.57. The van der Waals surface area contributed by atoms with Gasteiger partial charge in [-0.15, -0.1) is 0 Å². The van der Waals surface area contributed by atoms with Crippen molar-refractivity contribution >= 4 is 16.9 Å². The van der Waals surface area contributed by atoms with Crippen LogP contribution in [0.15, 0.2) is 35.2 Å². The third-order valence-corrected chi connectivity index (χ3v) is 3.56. The van der Waals surface area contributed by atoms with Gasteiger partial charge < -0.3 is 5.11 Å². The molecule has 106 valence electrons. The van der Waals surface area contributed by atoms with Crippen LogP contribution in [0.1, 0.15) is 13.8 Å². The third-order valence-electron chi connectivity index (χ3n) is 2.59. The van der Waals surface area contributed by atoms with E-state index in [1.165, 1.54) is 13.8 Å². The number of thioether (sulfide) groups is 1. The molecule has 0 aliphatic heterocycles. The highest BCUT2D eigenvalue weighted by Gasteiger charge is 2.50. The summed E-state index contributed by atoms with van der Waals surface area (Å²) in [7, 11) is 0. The number of hydrogen-bond acceptors (Lipinski definition) is 3. The highest BCUT2D eigenvalue weighted by atomic mass is 32.2. The van der Waals surface area contributed by atoms with Crippen molar-refractivity contribution in [2.75, 3.05) is 0 Å². The second kappa shape index (κ2) is 6.43. The quantitative estimate of drug-likeness (QED) is 0.863. The fraction of sp³-hybridized carbons (Fsp3) is 0.462. The zero-order valence-electron chi connectivity index (χ0n) is 10.5. The van der Waals surface area contributed by atoms with Crippen molar-refractivity contribution in [3.8, 4) is 0 Å². The maximum atomic E-state index is 12.9. The van der Waals surface area contributed by atoms with Gasteiger partial charge in [-0.05, 0) is 18.1 Å². The van der Waals surface area contributed by atoms with Gasteiger partial charge in [0.25, 0.3) is 0 Å². The number of aliphatic hydroxyl groups excluding tert-OH is 1. The zero-order valence-corrected chi connectivity index (χ0v) is 11.3. The predicted molar refractivity (Wildman–Crippen MR) is 67.7 cm³/mol. The Morgan fingerprint density at radius 1 is 1.21 bits per heavy atom. The Morgan fingerprint density at radius 3 is 2.16 bits per heavy atom. The van der Waals surface area contributed by atoms with E-state index >= 15 is 0 Å². The minimum Gasteiger partial charge on any atom is -0.392 e. The number of carbonyl (C=O) groups excluding carboxylic acids is 1. The van der Waals surface area contributed by atoms with E-state index in [1.807, 2.05) is 0 Å². The normalized spacial score (nSPS) is 15.3. The molecular weight excluding hydrogens is 277 g/mol. The lowest BCUT2D eigenvalue weighted by Crippen LogP contribution is -2.41. The Morgan fingerprint density at radius 2 is 1.74 bits per heavy atom. The summed E-state index contributed by atoms with van der Waals surface area (Å²) in [5.41, 5.74) is 0. The molecule has 0 unspecified atom stereocenters. The van der Waals surface area contributed by atoms with Crippen molar-refractivity contribution in [3.63, 3.8) is 0 Å². The molecule has 0 aliphatic carbocycles. The molecule has 1 N–H and O–H groups in total. The smallest absolute Gasteiger partial charge is 0.392 e. The lowest BCUT2D eigenvalue weighted by Gasteiger charge is -2.26. The summed E-state index contributed by atoms with van der Waals surface area (Å²) >= 11 is 0.505. The molecule has 0 radical (unpaired) electrons. The molecule has 0 bridgehead atoms. The number of halogens is 3. The Balaban J connectivity index is 2.90. The van der Waals surface area contributed by atoms with Crippen molar-refractivity contribution in [2.24, 2.45) is 11.8 Å². The van der Waals surface area contributed by atoms with E-state index in [0.29, 0.717) is 16.7 Å². The van der Waals surface area contributed by atoms with Crippen LogP contribution in [0.2, 0.25) is 0 Å². The molecule has 1 aromatic carbocycles. The van der Waals surface area contributed by atoms with Crippen LogP contribution in [0.25, 0.3) is 0 Å². The first kappa shape index (κ1) is 16.0. The summed E-state index contributed by atoms with van der Waals surface area (Å²) in [6.45, 7) is 2.90. The maximum absolute atomic E-state index is 12.9. The largest absolute Gasteiger partial charge is 0.402 e.